The average Bonchev–Trinajstić information content (AvgIpc) is 2.43. The van der Waals surface area contributed by atoms with Crippen LogP contribution in [0.5, 0.6) is 5.75 Å². The zero-order chi connectivity index (χ0) is 15.0. The number of hydrogen-bond acceptors (Lipinski definition) is 4. The van der Waals surface area contributed by atoms with Gasteiger partial charge in [0.2, 0.25) is 5.91 Å². The van der Waals surface area contributed by atoms with E-state index in [9.17, 15) is 9.59 Å². The molecule has 0 saturated heterocycles. The molecule has 0 heterocycles. The molecule has 0 aliphatic rings. The van der Waals surface area contributed by atoms with E-state index in [1.807, 2.05) is 7.05 Å². The predicted octanol–water partition coefficient (Wildman–Crippen LogP) is 1.17. The molecule has 0 aliphatic carbocycles. The maximum Gasteiger partial charge on any atom is 0.224 e. The Morgan fingerprint density at radius 1 is 1.25 bits per heavy atom. The summed E-state index contributed by atoms with van der Waals surface area (Å²) in [5.74, 6) is 0.531. The molecule has 1 amide bonds. The topological polar surface area (TPSA) is 67.4 Å². The molecule has 0 fully saturated rings. The summed E-state index contributed by atoms with van der Waals surface area (Å²) in [6.07, 6.45) is 1.09. The van der Waals surface area contributed by atoms with Crippen LogP contribution in [0.1, 0.15) is 29.3 Å². The van der Waals surface area contributed by atoms with Crippen molar-refractivity contribution in [2.45, 2.75) is 19.8 Å². The highest BCUT2D eigenvalue weighted by atomic mass is 16.5. The summed E-state index contributed by atoms with van der Waals surface area (Å²) < 4.78 is 5.22. The van der Waals surface area contributed by atoms with E-state index in [1.54, 1.807) is 25.3 Å². The fourth-order valence-electron chi connectivity index (χ4n) is 1.86. The number of ketones is 1. The van der Waals surface area contributed by atoms with Gasteiger partial charge in [-0.1, -0.05) is 0 Å². The number of ether oxygens (including phenoxy) is 1. The van der Waals surface area contributed by atoms with Crippen molar-refractivity contribution in [1.29, 1.82) is 0 Å². The van der Waals surface area contributed by atoms with Crippen LogP contribution in [0.2, 0.25) is 0 Å². The van der Waals surface area contributed by atoms with Crippen molar-refractivity contribution in [1.82, 2.24) is 10.6 Å². The fourth-order valence-corrected chi connectivity index (χ4v) is 1.86. The maximum atomic E-state index is 11.9. The quantitative estimate of drug-likeness (QED) is 0.553. The second-order valence-corrected chi connectivity index (χ2v) is 4.57. The molecule has 5 heteroatoms. The molecule has 20 heavy (non-hydrogen) atoms. The number of hydrogen-bond donors (Lipinski definition) is 2. The van der Waals surface area contributed by atoms with E-state index in [4.69, 9.17) is 4.74 Å². The monoisotopic (exact) mass is 278 g/mol. The van der Waals surface area contributed by atoms with Crippen LogP contribution in [-0.4, -0.2) is 38.9 Å². The summed E-state index contributed by atoms with van der Waals surface area (Å²) in [6, 6.07) is 5.14. The summed E-state index contributed by atoms with van der Waals surface area (Å²) in [4.78, 5) is 23.2. The molecular weight excluding hydrogens is 256 g/mol. The first-order valence-corrected chi connectivity index (χ1v) is 6.67. The lowest BCUT2D eigenvalue weighted by molar-refractivity contribution is -0.120. The van der Waals surface area contributed by atoms with Crippen LogP contribution in [0.25, 0.3) is 0 Å². The van der Waals surface area contributed by atoms with Crippen LogP contribution >= 0.6 is 0 Å². The largest absolute Gasteiger partial charge is 0.496 e. The predicted molar refractivity (Wildman–Crippen MR) is 78.3 cm³/mol. The Kier molecular flexibility index (Phi) is 6.73. The molecular formula is C15H22N2O3. The van der Waals surface area contributed by atoms with Crippen LogP contribution in [0.15, 0.2) is 18.2 Å². The zero-order valence-corrected chi connectivity index (χ0v) is 12.3. The average molecular weight is 278 g/mol. The Bertz CT molecular complexity index is 472. The first kappa shape index (κ1) is 16.2. The first-order chi connectivity index (χ1) is 9.58. The summed E-state index contributed by atoms with van der Waals surface area (Å²) in [5, 5.41) is 5.87. The number of nitrogens with one attached hydrogen (secondary N) is 2. The molecule has 5 nitrogen and oxygen atoms in total. The van der Waals surface area contributed by atoms with Gasteiger partial charge in [0.1, 0.15) is 5.75 Å². The molecule has 0 saturated carbocycles. The fraction of sp³-hybridized carbons (Fsp3) is 0.467. The highest BCUT2D eigenvalue weighted by Gasteiger charge is 2.11. The van der Waals surface area contributed by atoms with Gasteiger partial charge in [0.25, 0.3) is 0 Å². The first-order valence-electron chi connectivity index (χ1n) is 6.67. The lowest BCUT2D eigenvalue weighted by atomic mass is 10.0. The molecule has 0 bridgehead atoms. The van der Waals surface area contributed by atoms with Crippen molar-refractivity contribution < 1.29 is 14.3 Å². The number of carbonyl (C=O) groups excluding carboxylic acids is 2. The van der Waals surface area contributed by atoms with Crippen LogP contribution < -0.4 is 15.4 Å². The Balaban J connectivity index is 2.67. The van der Waals surface area contributed by atoms with Crippen LogP contribution in [0, 0.1) is 0 Å². The highest BCUT2D eigenvalue weighted by molar-refractivity contribution is 5.94. The van der Waals surface area contributed by atoms with Crippen molar-refractivity contribution >= 4 is 11.7 Å². The van der Waals surface area contributed by atoms with Crippen LogP contribution in [0.4, 0.5) is 0 Å². The molecule has 1 aromatic carbocycles. The van der Waals surface area contributed by atoms with Gasteiger partial charge in [-0.05, 0) is 45.1 Å². The third-order valence-electron chi connectivity index (χ3n) is 2.96. The maximum absolute atomic E-state index is 11.9. The Morgan fingerprint density at radius 3 is 2.60 bits per heavy atom. The highest BCUT2D eigenvalue weighted by Crippen LogP contribution is 2.20. The number of carbonyl (C=O) groups is 2. The summed E-state index contributed by atoms with van der Waals surface area (Å²) in [5.41, 5.74) is 1.31. The minimum Gasteiger partial charge on any atom is -0.496 e. The van der Waals surface area contributed by atoms with E-state index in [-0.39, 0.29) is 18.1 Å². The van der Waals surface area contributed by atoms with Gasteiger partial charge in [-0.2, -0.15) is 0 Å². The number of amides is 1. The van der Waals surface area contributed by atoms with Crippen LogP contribution in [0.3, 0.4) is 0 Å². The van der Waals surface area contributed by atoms with E-state index >= 15 is 0 Å². The van der Waals surface area contributed by atoms with Crippen molar-refractivity contribution in [2.24, 2.45) is 0 Å². The minimum absolute atomic E-state index is 0.0247. The molecule has 0 spiro atoms. The van der Waals surface area contributed by atoms with E-state index in [2.05, 4.69) is 10.6 Å². The third kappa shape index (κ3) is 5.01. The molecule has 110 valence electrons. The van der Waals surface area contributed by atoms with E-state index < -0.39 is 0 Å². The minimum atomic E-state index is -0.0693. The lowest BCUT2D eigenvalue weighted by Crippen LogP contribution is -2.28. The van der Waals surface area contributed by atoms with Crippen molar-refractivity contribution in [3.05, 3.63) is 29.3 Å². The van der Waals surface area contributed by atoms with Gasteiger partial charge in [0, 0.05) is 17.7 Å². The number of methoxy groups -OCH3 is 1. The SMILES string of the molecule is CNCCCNC(=O)Cc1cc(C(C)=O)ccc1OC. The summed E-state index contributed by atoms with van der Waals surface area (Å²) in [7, 11) is 3.43. The lowest BCUT2D eigenvalue weighted by Gasteiger charge is -2.10. The van der Waals surface area contributed by atoms with Gasteiger partial charge in [-0.15, -0.1) is 0 Å². The summed E-state index contributed by atoms with van der Waals surface area (Å²) >= 11 is 0. The smallest absolute Gasteiger partial charge is 0.224 e. The van der Waals surface area contributed by atoms with Crippen LogP contribution in [-0.2, 0) is 11.2 Å². The van der Waals surface area contributed by atoms with Crippen molar-refractivity contribution in [2.75, 3.05) is 27.2 Å². The molecule has 0 radical (unpaired) electrons. The molecule has 0 aliphatic heterocycles. The van der Waals surface area contributed by atoms with E-state index in [0.717, 1.165) is 18.5 Å². The second kappa shape index (κ2) is 8.32. The third-order valence-corrected chi connectivity index (χ3v) is 2.96. The van der Waals surface area contributed by atoms with E-state index in [0.29, 0.717) is 17.9 Å². The van der Waals surface area contributed by atoms with Crippen molar-refractivity contribution in [3.63, 3.8) is 0 Å². The molecule has 1 rings (SSSR count). The second-order valence-electron chi connectivity index (χ2n) is 4.57. The van der Waals surface area contributed by atoms with Gasteiger partial charge in [-0.25, -0.2) is 0 Å². The van der Waals surface area contributed by atoms with Gasteiger partial charge in [0.15, 0.2) is 5.78 Å². The van der Waals surface area contributed by atoms with Crippen molar-refractivity contribution in [3.8, 4) is 5.75 Å². The van der Waals surface area contributed by atoms with Gasteiger partial charge >= 0.3 is 0 Å². The number of benzene rings is 1. The van der Waals surface area contributed by atoms with E-state index in [1.165, 1.54) is 6.92 Å². The standard InChI is InChI=1S/C15H22N2O3/c1-11(18)12-5-6-14(20-3)13(9-12)10-15(19)17-8-4-7-16-2/h5-6,9,16H,4,7-8,10H2,1-3H3,(H,17,19). The molecule has 1 aromatic rings. The summed E-state index contributed by atoms with van der Waals surface area (Å²) in [6.45, 7) is 3.00. The molecule has 0 aromatic heterocycles. The Labute approximate surface area is 119 Å². The number of rotatable bonds is 8. The van der Waals surface area contributed by atoms with Gasteiger partial charge in [0.05, 0.1) is 13.5 Å². The van der Waals surface area contributed by atoms with Gasteiger partial charge < -0.3 is 15.4 Å². The normalized spacial score (nSPS) is 10.2. The Morgan fingerprint density at radius 2 is 2.00 bits per heavy atom. The van der Waals surface area contributed by atoms with Gasteiger partial charge in [-0.3, -0.25) is 9.59 Å². The zero-order valence-electron chi connectivity index (χ0n) is 12.3. The molecule has 0 unspecified atom stereocenters. The molecule has 0 atom stereocenters. The number of Topliss-reactive ketones (excluding diaryl/α,β-unsaturated/α-hetero) is 1. The Hall–Kier alpha value is -1.88. The molecule has 2 N–H and O–H groups in total.